The summed E-state index contributed by atoms with van der Waals surface area (Å²) < 4.78 is 5.82. The lowest BCUT2D eigenvalue weighted by Crippen LogP contribution is -2.30. The van der Waals surface area contributed by atoms with Crippen LogP contribution >= 0.6 is 0 Å². The van der Waals surface area contributed by atoms with Crippen molar-refractivity contribution in [3.05, 3.63) is 54.2 Å². The van der Waals surface area contributed by atoms with E-state index in [-0.39, 0.29) is 11.8 Å². The number of rotatable bonds is 6. The minimum atomic E-state index is -0.0150. The molecule has 3 rings (SSSR count). The van der Waals surface area contributed by atoms with Crippen molar-refractivity contribution in [3.63, 3.8) is 0 Å². The number of amides is 1. The molecule has 0 spiro atoms. The second kappa shape index (κ2) is 8.61. The van der Waals surface area contributed by atoms with Gasteiger partial charge in [0.15, 0.2) is 5.82 Å². The molecule has 0 fully saturated rings. The van der Waals surface area contributed by atoms with Crippen molar-refractivity contribution in [3.8, 4) is 17.3 Å². The van der Waals surface area contributed by atoms with Crippen LogP contribution in [0.3, 0.4) is 0 Å². The van der Waals surface area contributed by atoms with Gasteiger partial charge in [-0.05, 0) is 32.6 Å². The molecule has 1 atom stereocenters. The Labute approximate surface area is 154 Å². The summed E-state index contributed by atoms with van der Waals surface area (Å²) in [6.45, 7) is 6.67. The number of carbonyl (C=O) groups excluding carboxylic acids is 1. The molecule has 0 radical (unpaired) electrons. The van der Waals surface area contributed by atoms with E-state index in [1.807, 2.05) is 37.3 Å². The van der Waals surface area contributed by atoms with E-state index in [2.05, 4.69) is 16.9 Å². The molecule has 1 unspecified atom stereocenters. The predicted octanol–water partition coefficient (Wildman–Crippen LogP) is 3.34. The Balaban J connectivity index is 1.88. The lowest BCUT2D eigenvalue weighted by Gasteiger charge is -2.13. The number of fused-ring (bicyclic) bond motifs is 1. The maximum Gasteiger partial charge on any atom is 0.223 e. The van der Waals surface area contributed by atoms with Crippen molar-refractivity contribution < 1.29 is 9.53 Å². The Bertz CT molecular complexity index is 774. The Morgan fingerprint density at radius 1 is 1.27 bits per heavy atom. The van der Waals surface area contributed by atoms with Gasteiger partial charge in [-0.25, -0.2) is 4.98 Å². The summed E-state index contributed by atoms with van der Waals surface area (Å²) in [5, 5.41) is 2.91. The van der Waals surface area contributed by atoms with E-state index >= 15 is 0 Å². The Kier molecular flexibility index (Phi) is 6.00. The lowest BCUT2D eigenvalue weighted by atomic mass is 9.99. The fourth-order valence-electron chi connectivity index (χ4n) is 3.29. The number of ether oxygens (including phenoxy) is 1. The van der Waals surface area contributed by atoms with Crippen molar-refractivity contribution >= 4 is 5.91 Å². The van der Waals surface area contributed by atoms with Crippen molar-refractivity contribution in [2.75, 3.05) is 13.2 Å². The highest BCUT2D eigenvalue weighted by Crippen LogP contribution is 2.31. The van der Waals surface area contributed by atoms with Crippen LogP contribution in [0.2, 0.25) is 0 Å². The van der Waals surface area contributed by atoms with Crippen LogP contribution in [0.25, 0.3) is 11.4 Å². The van der Waals surface area contributed by atoms with Crippen LogP contribution in [0.5, 0.6) is 5.88 Å². The van der Waals surface area contributed by atoms with Crippen molar-refractivity contribution in [1.82, 2.24) is 15.3 Å². The fraction of sp³-hybridized carbons (Fsp3) is 0.381. The van der Waals surface area contributed by atoms with Gasteiger partial charge in [0.2, 0.25) is 11.8 Å². The fourth-order valence-corrected chi connectivity index (χ4v) is 3.29. The van der Waals surface area contributed by atoms with Crippen LogP contribution in [-0.4, -0.2) is 29.0 Å². The number of aromatic nitrogens is 2. The molecule has 5 heteroatoms. The second-order valence-corrected chi connectivity index (χ2v) is 6.38. The summed E-state index contributed by atoms with van der Waals surface area (Å²) >= 11 is 0. The maximum absolute atomic E-state index is 12.3. The summed E-state index contributed by atoms with van der Waals surface area (Å²) in [5.41, 5.74) is 3.02. The summed E-state index contributed by atoms with van der Waals surface area (Å²) in [5.74, 6) is 1.41. The second-order valence-electron chi connectivity index (χ2n) is 6.38. The summed E-state index contributed by atoms with van der Waals surface area (Å²) in [6.07, 6.45) is 4.78. The van der Waals surface area contributed by atoms with Gasteiger partial charge in [-0.2, -0.15) is 4.98 Å². The average molecular weight is 351 g/mol. The molecule has 0 saturated heterocycles. The molecule has 5 nitrogen and oxygen atoms in total. The molecule has 1 heterocycles. The predicted molar refractivity (Wildman–Crippen MR) is 102 cm³/mol. The van der Waals surface area contributed by atoms with Gasteiger partial charge < -0.3 is 10.1 Å². The van der Waals surface area contributed by atoms with Gasteiger partial charge in [0.25, 0.3) is 0 Å². The first kappa shape index (κ1) is 18.1. The number of benzene rings is 1. The molecule has 1 aromatic heterocycles. The van der Waals surface area contributed by atoms with Gasteiger partial charge in [-0.3, -0.25) is 4.79 Å². The number of nitrogens with one attached hydrogen (secondary N) is 1. The quantitative estimate of drug-likeness (QED) is 0.640. The van der Waals surface area contributed by atoms with Crippen LogP contribution in [0.1, 0.15) is 31.0 Å². The highest BCUT2D eigenvalue weighted by Gasteiger charge is 2.26. The van der Waals surface area contributed by atoms with Gasteiger partial charge in [-0.15, -0.1) is 6.58 Å². The van der Waals surface area contributed by atoms with E-state index in [1.165, 1.54) is 0 Å². The molecular weight excluding hydrogens is 326 g/mol. The van der Waals surface area contributed by atoms with Crippen LogP contribution < -0.4 is 10.1 Å². The van der Waals surface area contributed by atoms with Gasteiger partial charge >= 0.3 is 0 Å². The zero-order valence-corrected chi connectivity index (χ0v) is 15.2. The number of carbonyl (C=O) groups is 1. The SMILES string of the molecule is C=CCNC(=O)C1CCc2nc(-c3ccccc3)nc(OCC)c2CC1. The Morgan fingerprint density at radius 2 is 2.04 bits per heavy atom. The van der Waals surface area contributed by atoms with Gasteiger partial charge in [-0.1, -0.05) is 36.4 Å². The Morgan fingerprint density at radius 3 is 2.77 bits per heavy atom. The Hall–Kier alpha value is -2.69. The molecule has 1 aliphatic rings. The average Bonchev–Trinajstić information content (AvgIpc) is 2.90. The van der Waals surface area contributed by atoms with E-state index in [1.54, 1.807) is 6.08 Å². The van der Waals surface area contributed by atoms with Gasteiger partial charge in [0, 0.05) is 23.6 Å². The first-order valence-electron chi connectivity index (χ1n) is 9.19. The van der Waals surface area contributed by atoms with Gasteiger partial charge in [0.05, 0.1) is 12.3 Å². The molecule has 0 saturated carbocycles. The van der Waals surface area contributed by atoms with Crippen LogP contribution in [0, 0.1) is 5.92 Å². The van der Waals surface area contributed by atoms with Crippen LogP contribution in [0.4, 0.5) is 0 Å². The molecule has 26 heavy (non-hydrogen) atoms. The molecule has 0 aliphatic heterocycles. The normalized spacial score (nSPS) is 16.3. The molecule has 1 aliphatic carbocycles. The number of hydrogen-bond donors (Lipinski definition) is 1. The molecule has 1 N–H and O–H groups in total. The minimum absolute atomic E-state index is 0.0150. The zero-order valence-electron chi connectivity index (χ0n) is 15.2. The van der Waals surface area contributed by atoms with E-state index in [0.29, 0.717) is 24.9 Å². The third-order valence-electron chi connectivity index (χ3n) is 4.63. The standard InChI is InChI=1S/C21H25N3O2/c1-3-14-22-20(25)16-10-12-17-18(13-11-16)23-19(24-21(17)26-4-2)15-8-6-5-7-9-15/h3,5-9,16H,1,4,10-14H2,2H3,(H,22,25). The van der Waals surface area contributed by atoms with Crippen LogP contribution in [0.15, 0.2) is 43.0 Å². The summed E-state index contributed by atoms with van der Waals surface area (Å²) in [6, 6.07) is 9.93. The smallest absolute Gasteiger partial charge is 0.223 e. The summed E-state index contributed by atoms with van der Waals surface area (Å²) in [7, 11) is 0. The lowest BCUT2D eigenvalue weighted by molar-refractivity contribution is -0.125. The largest absolute Gasteiger partial charge is 0.478 e. The van der Waals surface area contributed by atoms with Crippen molar-refractivity contribution in [1.29, 1.82) is 0 Å². The first-order valence-corrected chi connectivity index (χ1v) is 9.19. The highest BCUT2D eigenvalue weighted by molar-refractivity contribution is 5.78. The van der Waals surface area contributed by atoms with E-state index in [9.17, 15) is 4.79 Å². The van der Waals surface area contributed by atoms with E-state index < -0.39 is 0 Å². The van der Waals surface area contributed by atoms with Gasteiger partial charge in [0.1, 0.15) is 0 Å². The first-order chi connectivity index (χ1) is 12.7. The number of hydrogen-bond acceptors (Lipinski definition) is 4. The molecular formula is C21H25N3O2. The summed E-state index contributed by atoms with van der Waals surface area (Å²) in [4.78, 5) is 21.8. The topological polar surface area (TPSA) is 64.1 Å². The monoisotopic (exact) mass is 351 g/mol. The highest BCUT2D eigenvalue weighted by atomic mass is 16.5. The molecule has 136 valence electrons. The molecule has 2 aromatic rings. The number of nitrogens with zero attached hydrogens (tertiary/aromatic N) is 2. The molecule has 0 bridgehead atoms. The third kappa shape index (κ3) is 4.10. The van der Waals surface area contributed by atoms with Crippen LogP contribution in [-0.2, 0) is 17.6 Å². The maximum atomic E-state index is 12.3. The van der Waals surface area contributed by atoms with Crippen molar-refractivity contribution in [2.45, 2.75) is 32.6 Å². The van der Waals surface area contributed by atoms with E-state index in [4.69, 9.17) is 9.72 Å². The molecule has 1 amide bonds. The zero-order chi connectivity index (χ0) is 18.4. The third-order valence-corrected chi connectivity index (χ3v) is 4.63. The minimum Gasteiger partial charge on any atom is -0.478 e. The van der Waals surface area contributed by atoms with Crippen molar-refractivity contribution in [2.24, 2.45) is 5.92 Å². The molecule has 1 aromatic carbocycles. The van der Waals surface area contributed by atoms with E-state index in [0.717, 1.165) is 42.5 Å². The number of aryl methyl sites for hydroxylation is 1.